The number of carbonyl (C=O) groups excluding carboxylic acids is 2. The van der Waals surface area contributed by atoms with Crippen molar-refractivity contribution in [2.75, 3.05) is 27.3 Å². The fraction of sp³-hybridized carbons (Fsp3) is 0.391. The molecule has 1 aliphatic heterocycles. The van der Waals surface area contributed by atoms with E-state index in [1.807, 2.05) is 43.3 Å². The van der Waals surface area contributed by atoms with Crippen LogP contribution in [0.15, 0.2) is 42.5 Å². The molecule has 0 aliphatic carbocycles. The second kappa shape index (κ2) is 9.45. The summed E-state index contributed by atoms with van der Waals surface area (Å²) in [6, 6.07) is 13.8. The number of carbonyl (C=O) groups is 2. The molecule has 6 heteroatoms. The molecule has 0 aromatic heterocycles. The van der Waals surface area contributed by atoms with E-state index in [9.17, 15) is 9.59 Å². The third kappa shape index (κ3) is 5.28. The van der Waals surface area contributed by atoms with Crippen LogP contribution in [0.2, 0.25) is 0 Å². The lowest BCUT2D eigenvalue weighted by atomic mass is 10.1. The molecule has 1 heterocycles. The van der Waals surface area contributed by atoms with Crippen LogP contribution in [-0.2, 0) is 22.6 Å². The molecule has 1 aliphatic rings. The maximum atomic E-state index is 12.5. The molecule has 0 bridgehead atoms. The highest BCUT2D eigenvalue weighted by atomic mass is 16.5. The maximum Gasteiger partial charge on any atom is 0.225 e. The first-order valence-electron chi connectivity index (χ1n) is 9.82. The van der Waals surface area contributed by atoms with Crippen molar-refractivity contribution < 1.29 is 19.1 Å². The van der Waals surface area contributed by atoms with Crippen molar-refractivity contribution in [3.8, 4) is 11.5 Å². The summed E-state index contributed by atoms with van der Waals surface area (Å²) in [5, 5.41) is 2.96. The summed E-state index contributed by atoms with van der Waals surface area (Å²) >= 11 is 0. The number of likely N-dealkylation sites (tertiary alicyclic amines) is 1. The average Bonchev–Trinajstić information content (AvgIpc) is 3.11. The van der Waals surface area contributed by atoms with E-state index >= 15 is 0 Å². The Morgan fingerprint density at radius 3 is 2.62 bits per heavy atom. The Morgan fingerprint density at radius 2 is 1.90 bits per heavy atom. The van der Waals surface area contributed by atoms with Gasteiger partial charge in [-0.2, -0.15) is 0 Å². The molecule has 1 fully saturated rings. The van der Waals surface area contributed by atoms with Gasteiger partial charge in [-0.25, -0.2) is 0 Å². The summed E-state index contributed by atoms with van der Waals surface area (Å²) in [5.41, 5.74) is 3.28. The Labute approximate surface area is 171 Å². The minimum atomic E-state index is -0.294. The average molecular weight is 396 g/mol. The summed E-state index contributed by atoms with van der Waals surface area (Å²) in [6.45, 7) is 3.55. The Kier molecular flexibility index (Phi) is 6.75. The smallest absolute Gasteiger partial charge is 0.225 e. The molecule has 0 spiro atoms. The van der Waals surface area contributed by atoms with Gasteiger partial charge in [0.1, 0.15) is 0 Å². The van der Waals surface area contributed by atoms with E-state index in [1.165, 1.54) is 0 Å². The van der Waals surface area contributed by atoms with Crippen LogP contribution in [0.1, 0.15) is 23.1 Å². The molecule has 3 rings (SSSR count). The number of rotatable bonds is 8. The number of amides is 2. The van der Waals surface area contributed by atoms with Crippen molar-refractivity contribution in [2.45, 2.75) is 26.3 Å². The van der Waals surface area contributed by atoms with E-state index < -0.39 is 0 Å². The second-order valence-corrected chi connectivity index (χ2v) is 7.39. The van der Waals surface area contributed by atoms with Crippen LogP contribution in [0.25, 0.3) is 0 Å². The van der Waals surface area contributed by atoms with Gasteiger partial charge >= 0.3 is 0 Å². The van der Waals surface area contributed by atoms with Gasteiger partial charge < -0.3 is 19.7 Å². The number of benzene rings is 2. The van der Waals surface area contributed by atoms with Crippen molar-refractivity contribution in [3.05, 3.63) is 59.2 Å². The van der Waals surface area contributed by atoms with Crippen LogP contribution in [0.3, 0.4) is 0 Å². The first-order valence-corrected chi connectivity index (χ1v) is 9.82. The molecule has 1 atom stereocenters. The zero-order valence-corrected chi connectivity index (χ0v) is 17.2. The van der Waals surface area contributed by atoms with Crippen LogP contribution >= 0.6 is 0 Å². The van der Waals surface area contributed by atoms with E-state index in [1.54, 1.807) is 19.1 Å². The zero-order valence-electron chi connectivity index (χ0n) is 17.2. The lowest BCUT2D eigenvalue weighted by molar-refractivity contribution is -0.129. The first-order chi connectivity index (χ1) is 14.0. The Morgan fingerprint density at radius 1 is 1.10 bits per heavy atom. The quantitative estimate of drug-likeness (QED) is 0.745. The fourth-order valence-electron chi connectivity index (χ4n) is 3.62. The molecule has 1 saturated heterocycles. The molecule has 2 aromatic rings. The van der Waals surface area contributed by atoms with Crippen molar-refractivity contribution in [3.63, 3.8) is 0 Å². The normalized spacial score (nSPS) is 16.0. The number of hydrogen-bond donors (Lipinski definition) is 1. The molecule has 2 amide bonds. The van der Waals surface area contributed by atoms with Gasteiger partial charge in [0.25, 0.3) is 0 Å². The van der Waals surface area contributed by atoms with Crippen LogP contribution in [0.5, 0.6) is 11.5 Å². The Bertz CT molecular complexity index is 881. The number of hydrogen-bond acceptors (Lipinski definition) is 4. The summed E-state index contributed by atoms with van der Waals surface area (Å²) < 4.78 is 10.6. The van der Waals surface area contributed by atoms with Crippen molar-refractivity contribution >= 4 is 11.8 Å². The van der Waals surface area contributed by atoms with Gasteiger partial charge in [-0.05, 0) is 36.6 Å². The van der Waals surface area contributed by atoms with E-state index in [-0.39, 0.29) is 24.2 Å². The topological polar surface area (TPSA) is 67.9 Å². The SMILES string of the molecule is COc1ccc(CCN2C[C@@H](C(=O)NCc3cccc(C)c3)CC2=O)cc1OC. The van der Waals surface area contributed by atoms with Gasteiger partial charge in [0.05, 0.1) is 20.1 Å². The van der Waals surface area contributed by atoms with E-state index in [0.717, 1.165) is 16.7 Å². The third-order valence-electron chi connectivity index (χ3n) is 5.25. The van der Waals surface area contributed by atoms with Gasteiger partial charge in [0.15, 0.2) is 11.5 Å². The van der Waals surface area contributed by atoms with Crippen LogP contribution < -0.4 is 14.8 Å². The van der Waals surface area contributed by atoms with Crippen molar-refractivity contribution in [1.82, 2.24) is 10.2 Å². The van der Waals surface area contributed by atoms with Crippen molar-refractivity contribution in [2.24, 2.45) is 5.92 Å². The highest BCUT2D eigenvalue weighted by Gasteiger charge is 2.33. The van der Waals surface area contributed by atoms with Crippen LogP contribution in [0.4, 0.5) is 0 Å². The highest BCUT2D eigenvalue weighted by Crippen LogP contribution is 2.28. The second-order valence-electron chi connectivity index (χ2n) is 7.39. The summed E-state index contributed by atoms with van der Waals surface area (Å²) in [7, 11) is 3.20. The first kappa shape index (κ1) is 20.7. The molecule has 0 radical (unpaired) electrons. The minimum absolute atomic E-state index is 0.0289. The molecule has 154 valence electrons. The zero-order chi connectivity index (χ0) is 20.8. The predicted molar refractivity (Wildman–Crippen MR) is 111 cm³/mol. The molecule has 1 N–H and O–H groups in total. The van der Waals surface area contributed by atoms with Gasteiger partial charge in [-0.1, -0.05) is 35.9 Å². The van der Waals surface area contributed by atoms with Gasteiger partial charge in [-0.3, -0.25) is 9.59 Å². The van der Waals surface area contributed by atoms with Crippen molar-refractivity contribution in [1.29, 1.82) is 0 Å². The predicted octanol–water partition coefficient (Wildman–Crippen LogP) is 2.72. The molecule has 6 nitrogen and oxygen atoms in total. The van der Waals surface area contributed by atoms with Crippen LogP contribution in [-0.4, -0.2) is 44.0 Å². The van der Waals surface area contributed by atoms with Gasteiger partial charge in [-0.15, -0.1) is 0 Å². The number of aryl methyl sites for hydroxylation is 1. The molecule has 2 aromatic carbocycles. The van der Waals surface area contributed by atoms with Gasteiger partial charge in [0.2, 0.25) is 11.8 Å². The number of nitrogens with one attached hydrogen (secondary N) is 1. The van der Waals surface area contributed by atoms with E-state index in [4.69, 9.17) is 9.47 Å². The summed E-state index contributed by atoms with van der Waals surface area (Å²) in [4.78, 5) is 26.6. The lowest BCUT2D eigenvalue weighted by Gasteiger charge is -2.17. The number of nitrogens with zero attached hydrogens (tertiary/aromatic N) is 1. The van der Waals surface area contributed by atoms with E-state index in [2.05, 4.69) is 11.4 Å². The summed E-state index contributed by atoms with van der Waals surface area (Å²) in [6.07, 6.45) is 0.968. The highest BCUT2D eigenvalue weighted by molar-refractivity contribution is 5.89. The molecular weight excluding hydrogens is 368 g/mol. The fourth-order valence-corrected chi connectivity index (χ4v) is 3.62. The van der Waals surface area contributed by atoms with E-state index in [0.29, 0.717) is 37.6 Å². The molecular formula is C23H28N2O4. The van der Waals surface area contributed by atoms with Crippen LogP contribution in [0, 0.1) is 12.8 Å². The lowest BCUT2D eigenvalue weighted by Crippen LogP contribution is -2.33. The third-order valence-corrected chi connectivity index (χ3v) is 5.25. The Hall–Kier alpha value is -3.02. The number of methoxy groups -OCH3 is 2. The standard InChI is InChI=1S/C23H28N2O4/c1-16-5-4-6-18(11-16)14-24-23(27)19-13-22(26)25(15-19)10-9-17-7-8-20(28-2)21(12-17)29-3/h4-8,11-12,19H,9-10,13-15H2,1-3H3,(H,24,27)/t19-/m0/s1. The monoisotopic (exact) mass is 396 g/mol. The summed E-state index contributed by atoms with van der Waals surface area (Å²) in [5.74, 6) is 1.03. The molecule has 29 heavy (non-hydrogen) atoms. The molecule has 0 unspecified atom stereocenters. The van der Waals surface area contributed by atoms with Gasteiger partial charge in [0, 0.05) is 26.1 Å². The molecule has 0 saturated carbocycles. The minimum Gasteiger partial charge on any atom is -0.493 e. The Balaban J connectivity index is 1.51. The largest absolute Gasteiger partial charge is 0.493 e. The maximum absolute atomic E-state index is 12.5. The number of ether oxygens (including phenoxy) is 2.